The molecule has 98 valence electrons. The average molecular weight is 269 g/mol. The largest absolute Gasteiger partial charge is 0.496 e. The first kappa shape index (κ1) is 13.2. The molecule has 0 bridgehead atoms. The van der Waals surface area contributed by atoms with E-state index in [1.165, 1.54) is 0 Å². The smallest absolute Gasteiger partial charge is 0.225 e. The molecule has 1 aromatic carbocycles. The number of ether oxygens (including phenoxy) is 1. The highest BCUT2D eigenvalue weighted by molar-refractivity contribution is 6.31. The first-order chi connectivity index (χ1) is 8.61. The molecule has 18 heavy (non-hydrogen) atoms. The number of rotatable bonds is 4. The van der Waals surface area contributed by atoms with Crippen LogP contribution in [0.3, 0.4) is 0 Å². The maximum Gasteiger partial charge on any atom is 0.225 e. The van der Waals surface area contributed by atoms with Gasteiger partial charge in [0, 0.05) is 30.2 Å². The van der Waals surface area contributed by atoms with E-state index in [0.29, 0.717) is 11.6 Å². The van der Waals surface area contributed by atoms with Crippen LogP contribution in [-0.2, 0) is 11.3 Å². The second kappa shape index (κ2) is 5.59. The molecule has 4 nitrogen and oxygen atoms in total. The highest BCUT2D eigenvalue weighted by Crippen LogP contribution is 2.26. The zero-order chi connectivity index (χ0) is 13.1. The van der Waals surface area contributed by atoms with E-state index in [-0.39, 0.29) is 11.8 Å². The molecule has 2 N–H and O–H groups in total. The summed E-state index contributed by atoms with van der Waals surface area (Å²) in [5.41, 5.74) is 1.86. The van der Waals surface area contributed by atoms with Gasteiger partial charge in [-0.25, -0.2) is 0 Å². The Balaban J connectivity index is 2.03. The van der Waals surface area contributed by atoms with E-state index in [1.807, 2.05) is 19.1 Å². The fourth-order valence-electron chi connectivity index (χ4n) is 1.83. The van der Waals surface area contributed by atoms with E-state index in [0.717, 1.165) is 30.0 Å². The van der Waals surface area contributed by atoms with Crippen LogP contribution in [0, 0.1) is 12.8 Å². The number of halogens is 1. The Bertz CT molecular complexity index is 459. The second-order valence-corrected chi connectivity index (χ2v) is 4.89. The summed E-state index contributed by atoms with van der Waals surface area (Å²) >= 11 is 6.08. The van der Waals surface area contributed by atoms with E-state index >= 15 is 0 Å². The van der Waals surface area contributed by atoms with Crippen molar-refractivity contribution in [1.82, 2.24) is 10.6 Å². The van der Waals surface area contributed by atoms with Gasteiger partial charge in [0.25, 0.3) is 0 Å². The van der Waals surface area contributed by atoms with Crippen LogP contribution < -0.4 is 15.4 Å². The minimum Gasteiger partial charge on any atom is -0.496 e. The highest BCUT2D eigenvalue weighted by atomic mass is 35.5. The molecule has 0 radical (unpaired) electrons. The molecule has 1 aliphatic rings. The summed E-state index contributed by atoms with van der Waals surface area (Å²) in [6.07, 6.45) is 0. The van der Waals surface area contributed by atoms with E-state index in [4.69, 9.17) is 16.3 Å². The highest BCUT2D eigenvalue weighted by Gasteiger charge is 2.24. The lowest BCUT2D eigenvalue weighted by atomic mass is 10.0. The van der Waals surface area contributed by atoms with Gasteiger partial charge in [-0.3, -0.25) is 4.79 Å². The zero-order valence-electron chi connectivity index (χ0n) is 10.5. The van der Waals surface area contributed by atoms with E-state index < -0.39 is 0 Å². The van der Waals surface area contributed by atoms with Crippen LogP contribution in [0.1, 0.15) is 11.1 Å². The number of carbonyl (C=O) groups is 1. The molecule has 0 unspecified atom stereocenters. The summed E-state index contributed by atoms with van der Waals surface area (Å²) in [6, 6.07) is 3.73. The molecule has 5 heteroatoms. The summed E-state index contributed by atoms with van der Waals surface area (Å²) in [4.78, 5) is 11.7. The van der Waals surface area contributed by atoms with Gasteiger partial charge in [0.2, 0.25) is 5.91 Å². The molecule has 0 saturated carbocycles. The van der Waals surface area contributed by atoms with Crippen LogP contribution >= 0.6 is 11.6 Å². The van der Waals surface area contributed by atoms with Gasteiger partial charge in [0.05, 0.1) is 13.0 Å². The summed E-state index contributed by atoms with van der Waals surface area (Å²) < 4.78 is 5.29. The average Bonchev–Trinajstić information content (AvgIpc) is 2.27. The number of amides is 1. The van der Waals surface area contributed by atoms with Crippen LogP contribution in [0.25, 0.3) is 0 Å². The maximum absolute atomic E-state index is 11.7. The van der Waals surface area contributed by atoms with E-state index in [2.05, 4.69) is 10.6 Å². The van der Waals surface area contributed by atoms with Crippen molar-refractivity contribution in [3.8, 4) is 5.75 Å². The Morgan fingerprint density at radius 3 is 2.83 bits per heavy atom. The zero-order valence-corrected chi connectivity index (χ0v) is 11.3. The third-order valence-corrected chi connectivity index (χ3v) is 3.57. The first-order valence-corrected chi connectivity index (χ1v) is 6.31. The third-order valence-electron chi connectivity index (χ3n) is 3.17. The second-order valence-electron chi connectivity index (χ2n) is 4.49. The van der Waals surface area contributed by atoms with Crippen molar-refractivity contribution in [3.05, 3.63) is 28.3 Å². The molecule has 1 heterocycles. The van der Waals surface area contributed by atoms with Crippen molar-refractivity contribution < 1.29 is 9.53 Å². The van der Waals surface area contributed by atoms with Gasteiger partial charge in [0.15, 0.2) is 0 Å². The van der Waals surface area contributed by atoms with Crippen LogP contribution in [0.5, 0.6) is 5.75 Å². The number of carbonyl (C=O) groups excluding carboxylic acids is 1. The Hall–Kier alpha value is -1.26. The van der Waals surface area contributed by atoms with Crippen LogP contribution in [0.2, 0.25) is 5.02 Å². The lowest BCUT2D eigenvalue weighted by molar-refractivity contribution is -0.126. The molecule has 1 fully saturated rings. The molecule has 0 spiro atoms. The normalized spacial score (nSPS) is 15.1. The van der Waals surface area contributed by atoms with Crippen molar-refractivity contribution in [2.45, 2.75) is 13.5 Å². The fourth-order valence-corrected chi connectivity index (χ4v) is 2.01. The standard InChI is InChI=1S/C13H17ClN2O2/c1-8-3-12(18-2)9(4-11(8)14)7-16-13(17)10-5-15-6-10/h3-4,10,15H,5-7H2,1-2H3,(H,16,17). The van der Waals surface area contributed by atoms with Crippen LogP contribution in [0.4, 0.5) is 0 Å². The fraction of sp³-hybridized carbons (Fsp3) is 0.462. The SMILES string of the molecule is COc1cc(C)c(Cl)cc1CNC(=O)C1CNC1. The molecule has 1 saturated heterocycles. The molecule has 1 aromatic rings. The molecule has 2 rings (SSSR count). The van der Waals surface area contributed by atoms with E-state index in [9.17, 15) is 4.79 Å². The molecule has 0 aliphatic carbocycles. The van der Waals surface area contributed by atoms with Gasteiger partial charge in [-0.15, -0.1) is 0 Å². The lowest BCUT2D eigenvalue weighted by Gasteiger charge is -2.26. The molecular weight excluding hydrogens is 252 g/mol. The number of methoxy groups -OCH3 is 1. The minimum absolute atomic E-state index is 0.0764. The molecule has 0 atom stereocenters. The van der Waals surface area contributed by atoms with Crippen LogP contribution in [-0.4, -0.2) is 26.1 Å². The Labute approximate surface area is 112 Å². The Kier molecular flexibility index (Phi) is 4.09. The van der Waals surface area contributed by atoms with Gasteiger partial charge in [-0.05, 0) is 24.6 Å². The quantitative estimate of drug-likeness (QED) is 0.870. The summed E-state index contributed by atoms with van der Waals surface area (Å²) in [5, 5.41) is 6.66. The minimum atomic E-state index is 0.0764. The third kappa shape index (κ3) is 2.76. The Morgan fingerprint density at radius 2 is 2.28 bits per heavy atom. The predicted octanol–water partition coefficient (Wildman–Crippen LogP) is 1.49. The predicted molar refractivity (Wildman–Crippen MR) is 70.9 cm³/mol. The van der Waals surface area contributed by atoms with Gasteiger partial charge in [-0.2, -0.15) is 0 Å². The number of aryl methyl sites for hydroxylation is 1. The van der Waals surface area contributed by atoms with Gasteiger partial charge < -0.3 is 15.4 Å². The molecule has 1 amide bonds. The molecular formula is C13H17ClN2O2. The van der Waals surface area contributed by atoms with Gasteiger partial charge in [-0.1, -0.05) is 11.6 Å². The number of nitrogens with one attached hydrogen (secondary N) is 2. The Morgan fingerprint density at radius 1 is 1.56 bits per heavy atom. The van der Waals surface area contributed by atoms with Gasteiger partial charge >= 0.3 is 0 Å². The van der Waals surface area contributed by atoms with Crippen molar-refractivity contribution in [2.24, 2.45) is 5.92 Å². The topological polar surface area (TPSA) is 50.4 Å². The van der Waals surface area contributed by atoms with Crippen molar-refractivity contribution in [2.75, 3.05) is 20.2 Å². The molecule has 0 aromatic heterocycles. The lowest BCUT2D eigenvalue weighted by Crippen LogP contribution is -2.50. The summed E-state index contributed by atoms with van der Waals surface area (Å²) in [6.45, 7) is 3.89. The van der Waals surface area contributed by atoms with E-state index in [1.54, 1.807) is 7.11 Å². The van der Waals surface area contributed by atoms with Crippen molar-refractivity contribution in [3.63, 3.8) is 0 Å². The van der Waals surface area contributed by atoms with Crippen LogP contribution in [0.15, 0.2) is 12.1 Å². The number of hydrogen-bond acceptors (Lipinski definition) is 3. The monoisotopic (exact) mass is 268 g/mol. The maximum atomic E-state index is 11.7. The summed E-state index contributed by atoms with van der Waals surface area (Å²) in [5.74, 6) is 0.924. The molecule has 1 aliphatic heterocycles. The van der Waals surface area contributed by atoms with Crippen molar-refractivity contribution >= 4 is 17.5 Å². The number of benzene rings is 1. The van der Waals surface area contributed by atoms with Gasteiger partial charge in [0.1, 0.15) is 5.75 Å². The number of hydrogen-bond donors (Lipinski definition) is 2. The first-order valence-electron chi connectivity index (χ1n) is 5.93. The summed E-state index contributed by atoms with van der Waals surface area (Å²) in [7, 11) is 1.61. The van der Waals surface area contributed by atoms with Crippen molar-refractivity contribution in [1.29, 1.82) is 0 Å².